The maximum absolute atomic E-state index is 8.73. The lowest BCUT2D eigenvalue weighted by Crippen LogP contribution is -2.36. The highest BCUT2D eigenvalue weighted by atomic mass is 15.2. The van der Waals surface area contributed by atoms with Crippen molar-refractivity contribution in [3.05, 3.63) is 36.7 Å². The molecule has 3 rings (SSSR count). The zero-order valence-electron chi connectivity index (χ0n) is 11.1. The van der Waals surface area contributed by atoms with E-state index in [2.05, 4.69) is 28.3 Å². The number of fused-ring (bicyclic) bond motifs is 2. The summed E-state index contributed by atoms with van der Waals surface area (Å²) in [5, 5.41) is 8.73. The fourth-order valence-electron chi connectivity index (χ4n) is 3.03. The highest BCUT2D eigenvalue weighted by molar-refractivity contribution is 5.42. The van der Waals surface area contributed by atoms with Crippen molar-refractivity contribution in [3.63, 3.8) is 0 Å². The molecule has 108 valence electrons. The Labute approximate surface area is 121 Å². The fraction of sp³-hybridized carbons (Fsp3) is 0.500. The topological polar surface area (TPSA) is 65.9 Å². The van der Waals surface area contributed by atoms with Gasteiger partial charge in [0, 0.05) is 19.3 Å². The molecule has 20 heavy (non-hydrogen) atoms. The lowest BCUT2D eigenvalue weighted by molar-refractivity contribution is 0.419. The molecule has 2 N–H and O–H groups in total. The standard InChI is InChI=1S/C13H15N3.C2H5N.CH4/c14-6-12-3-4-13(15-7-12)16-8-10-1-2-11(5-10)9-16;1-2-3;/h3-4,7,10-11H,1-2,5,8-9H2;2H,1,3H2;1H4. The van der Waals surface area contributed by atoms with Crippen LogP contribution in [0, 0.1) is 23.2 Å². The average molecular weight is 272 g/mol. The van der Waals surface area contributed by atoms with E-state index in [1.54, 1.807) is 6.20 Å². The Kier molecular flexibility index (Phi) is 6.05. The van der Waals surface area contributed by atoms with Crippen LogP contribution in [-0.4, -0.2) is 18.1 Å². The van der Waals surface area contributed by atoms with E-state index in [9.17, 15) is 0 Å². The minimum atomic E-state index is 0. The van der Waals surface area contributed by atoms with Crippen LogP contribution in [-0.2, 0) is 0 Å². The third-order valence-corrected chi connectivity index (χ3v) is 3.81. The molecule has 2 unspecified atom stereocenters. The molecule has 2 bridgehead atoms. The summed E-state index contributed by atoms with van der Waals surface area (Å²) in [6, 6.07) is 5.94. The van der Waals surface area contributed by atoms with Crippen LogP contribution < -0.4 is 10.6 Å². The van der Waals surface area contributed by atoms with Crippen LogP contribution in [0.2, 0.25) is 0 Å². The van der Waals surface area contributed by atoms with E-state index in [-0.39, 0.29) is 7.43 Å². The zero-order chi connectivity index (χ0) is 13.7. The number of nitriles is 1. The predicted octanol–water partition coefficient (Wildman–Crippen LogP) is 2.91. The maximum atomic E-state index is 8.73. The van der Waals surface area contributed by atoms with E-state index >= 15 is 0 Å². The first-order chi connectivity index (χ1) is 9.26. The molecule has 4 heteroatoms. The zero-order valence-corrected chi connectivity index (χ0v) is 11.1. The number of piperidine rings is 1. The van der Waals surface area contributed by atoms with Crippen molar-refractivity contribution < 1.29 is 0 Å². The van der Waals surface area contributed by atoms with E-state index in [1.165, 1.54) is 25.5 Å². The maximum Gasteiger partial charge on any atom is 0.128 e. The van der Waals surface area contributed by atoms with Crippen LogP contribution in [0.25, 0.3) is 0 Å². The SMILES string of the molecule is C.C=CN.N#Cc1ccc(N2CC3CCC(C3)C2)nc1. The molecule has 2 fully saturated rings. The molecule has 1 aromatic rings. The molecule has 0 spiro atoms. The van der Waals surface area contributed by atoms with Crippen LogP contribution >= 0.6 is 0 Å². The Balaban J connectivity index is 0.000000462. The Morgan fingerprint density at radius 1 is 1.35 bits per heavy atom. The first-order valence-electron chi connectivity index (χ1n) is 6.70. The van der Waals surface area contributed by atoms with Gasteiger partial charge in [-0.05, 0) is 49.4 Å². The molecule has 0 radical (unpaired) electrons. The molecule has 0 amide bonds. The molecule has 1 saturated carbocycles. The quantitative estimate of drug-likeness (QED) is 0.853. The molecule has 2 atom stereocenters. The number of pyridine rings is 1. The summed E-state index contributed by atoms with van der Waals surface area (Å²) < 4.78 is 0. The van der Waals surface area contributed by atoms with Crippen LogP contribution in [0.3, 0.4) is 0 Å². The van der Waals surface area contributed by atoms with E-state index in [4.69, 9.17) is 5.26 Å². The first kappa shape index (κ1) is 16.0. The van der Waals surface area contributed by atoms with Gasteiger partial charge < -0.3 is 10.6 Å². The van der Waals surface area contributed by atoms with E-state index in [1.807, 2.05) is 12.1 Å². The van der Waals surface area contributed by atoms with Crippen molar-refractivity contribution in [3.8, 4) is 6.07 Å². The number of nitrogens with zero attached hydrogens (tertiary/aromatic N) is 3. The molecule has 1 aromatic heterocycles. The molecule has 2 heterocycles. The third kappa shape index (κ3) is 3.74. The number of hydrogen-bond donors (Lipinski definition) is 1. The number of hydrogen-bond acceptors (Lipinski definition) is 4. The number of anilines is 1. The van der Waals surface area contributed by atoms with E-state index in [0.29, 0.717) is 5.56 Å². The predicted molar refractivity (Wildman–Crippen MR) is 83.1 cm³/mol. The molecule has 4 nitrogen and oxygen atoms in total. The summed E-state index contributed by atoms with van der Waals surface area (Å²) in [7, 11) is 0. The van der Waals surface area contributed by atoms with Crippen molar-refractivity contribution in [2.45, 2.75) is 26.7 Å². The Morgan fingerprint density at radius 2 is 1.95 bits per heavy atom. The van der Waals surface area contributed by atoms with E-state index < -0.39 is 0 Å². The smallest absolute Gasteiger partial charge is 0.128 e. The Bertz CT molecular complexity index is 448. The molecular weight excluding hydrogens is 248 g/mol. The molecular formula is C16H24N4. The number of rotatable bonds is 1. The molecule has 1 aliphatic carbocycles. The van der Waals surface area contributed by atoms with Crippen molar-refractivity contribution in [2.24, 2.45) is 17.6 Å². The third-order valence-electron chi connectivity index (χ3n) is 3.81. The van der Waals surface area contributed by atoms with Crippen LogP contribution in [0.5, 0.6) is 0 Å². The lowest BCUT2D eigenvalue weighted by atomic mass is 9.99. The Hall–Kier alpha value is -2.02. The summed E-state index contributed by atoms with van der Waals surface area (Å²) in [6.45, 7) is 5.44. The monoisotopic (exact) mass is 272 g/mol. The van der Waals surface area contributed by atoms with Crippen LogP contribution in [0.15, 0.2) is 31.1 Å². The molecule has 1 saturated heterocycles. The van der Waals surface area contributed by atoms with Gasteiger partial charge in [-0.1, -0.05) is 14.0 Å². The number of nitrogens with two attached hydrogens (primary N) is 1. The minimum Gasteiger partial charge on any atom is -0.405 e. The van der Waals surface area contributed by atoms with Crippen molar-refractivity contribution in [1.29, 1.82) is 5.26 Å². The number of aromatic nitrogens is 1. The largest absolute Gasteiger partial charge is 0.405 e. The van der Waals surface area contributed by atoms with Gasteiger partial charge in [0.05, 0.1) is 5.56 Å². The molecule has 1 aliphatic heterocycles. The summed E-state index contributed by atoms with van der Waals surface area (Å²) in [5.41, 5.74) is 5.25. The molecule has 2 aliphatic rings. The summed E-state index contributed by atoms with van der Waals surface area (Å²) in [4.78, 5) is 6.76. The van der Waals surface area contributed by atoms with Gasteiger partial charge in [0.15, 0.2) is 0 Å². The van der Waals surface area contributed by atoms with Crippen LogP contribution in [0.1, 0.15) is 32.3 Å². The van der Waals surface area contributed by atoms with Gasteiger partial charge in [-0.15, -0.1) is 0 Å². The second-order valence-corrected chi connectivity index (χ2v) is 5.20. The van der Waals surface area contributed by atoms with Gasteiger partial charge in [-0.25, -0.2) is 4.98 Å². The van der Waals surface area contributed by atoms with Gasteiger partial charge in [0.2, 0.25) is 0 Å². The van der Waals surface area contributed by atoms with Gasteiger partial charge in [-0.2, -0.15) is 5.26 Å². The van der Waals surface area contributed by atoms with Gasteiger partial charge in [0.25, 0.3) is 0 Å². The Morgan fingerprint density at radius 3 is 2.40 bits per heavy atom. The second-order valence-electron chi connectivity index (χ2n) is 5.20. The molecule has 0 aromatic carbocycles. The summed E-state index contributed by atoms with van der Waals surface area (Å²) in [5.74, 6) is 2.78. The minimum absolute atomic E-state index is 0. The lowest BCUT2D eigenvalue weighted by Gasteiger charge is -2.32. The normalized spacial score (nSPS) is 22.9. The average Bonchev–Trinajstić information content (AvgIpc) is 2.78. The van der Waals surface area contributed by atoms with Gasteiger partial charge in [0.1, 0.15) is 11.9 Å². The first-order valence-corrected chi connectivity index (χ1v) is 6.70. The highest BCUT2D eigenvalue weighted by Crippen LogP contribution is 2.37. The highest BCUT2D eigenvalue weighted by Gasteiger charge is 2.33. The second kappa shape index (κ2) is 7.54. The summed E-state index contributed by atoms with van der Waals surface area (Å²) in [6.07, 6.45) is 7.10. The van der Waals surface area contributed by atoms with Gasteiger partial charge >= 0.3 is 0 Å². The fourth-order valence-corrected chi connectivity index (χ4v) is 3.03. The van der Waals surface area contributed by atoms with Crippen LogP contribution in [0.4, 0.5) is 5.82 Å². The van der Waals surface area contributed by atoms with E-state index in [0.717, 1.165) is 30.7 Å². The van der Waals surface area contributed by atoms with Gasteiger partial charge in [-0.3, -0.25) is 0 Å². The van der Waals surface area contributed by atoms with Crippen molar-refractivity contribution in [2.75, 3.05) is 18.0 Å². The van der Waals surface area contributed by atoms with Crippen molar-refractivity contribution >= 4 is 5.82 Å². The summed E-state index contributed by atoms with van der Waals surface area (Å²) >= 11 is 0. The van der Waals surface area contributed by atoms with Crippen molar-refractivity contribution in [1.82, 2.24) is 4.98 Å².